The number of carbonyl (C=O) groups is 2. The van der Waals surface area contributed by atoms with E-state index in [2.05, 4.69) is 12.2 Å². The number of unbranched alkanes of at least 4 members (excludes halogenated alkanes) is 1. The second-order valence-corrected chi connectivity index (χ2v) is 7.32. The molecule has 6 heteroatoms. The van der Waals surface area contributed by atoms with Crippen molar-refractivity contribution in [1.82, 2.24) is 10.2 Å². The smallest absolute Gasteiger partial charge is 0.317 e. The first-order valence-electron chi connectivity index (χ1n) is 10.1. The minimum absolute atomic E-state index is 0.00622. The van der Waals surface area contributed by atoms with Crippen molar-refractivity contribution in [1.29, 1.82) is 0 Å². The molecule has 0 aromatic heterocycles. The van der Waals surface area contributed by atoms with E-state index in [4.69, 9.17) is 4.74 Å². The molecule has 6 nitrogen and oxygen atoms in total. The highest BCUT2D eigenvalue weighted by molar-refractivity contribution is 5.97. The van der Waals surface area contributed by atoms with Crippen LogP contribution in [0.15, 0.2) is 54.6 Å². The van der Waals surface area contributed by atoms with E-state index in [1.165, 1.54) is 0 Å². The van der Waals surface area contributed by atoms with Gasteiger partial charge in [0, 0.05) is 37.8 Å². The van der Waals surface area contributed by atoms with Crippen LogP contribution in [0.25, 0.3) is 0 Å². The average molecular weight is 396 g/mol. The molecule has 29 heavy (non-hydrogen) atoms. The molecule has 1 atom stereocenters. The summed E-state index contributed by atoms with van der Waals surface area (Å²) >= 11 is 0. The summed E-state index contributed by atoms with van der Waals surface area (Å²) < 4.78 is 5.25. The van der Waals surface area contributed by atoms with Crippen LogP contribution in [0.1, 0.15) is 31.7 Å². The molecule has 0 unspecified atom stereocenters. The van der Waals surface area contributed by atoms with E-state index in [1.54, 1.807) is 12.0 Å². The highest BCUT2D eigenvalue weighted by Crippen LogP contribution is 2.25. The lowest BCUT2D eigenvalue weighted by Gasteiger charge is -2.25. The quantitative estimate of drug-likeness (QED) is 0.739. The van der Waals surface area contributed by atoms with Gasteiger partial charge in [0.25, 0.3) is 0 Å². The number of rotatable bonds is 8. The van der Waals surface area contributed by atoms with Crippen LogP contribution in [0.4, 0.5) is 10.5 Å². The summed E-state index contributed by atoms with van der Waals surface area (Å²) in [5, 5.41) is 3.06. The minimum atomic E-state index is -0.207. The number of nitrogens with zero attached hydrogens (tertiary/aromatic N) is 2. The summed E-state index contributed by atoms with van der Waals surface area (Å²) in [6.07, 6.45) is 2.26. The van der Waals surface area contributed by atoms with Crippen molar-refractivity contribution in [2.24, 2.45) is 0 Å². The Labute approximate surface area is 172 Å². The van der Waals surface area contributed by atoms with Crippen LogP contribution < -0.4 is 15.0 Å². The van der Waals surface area contributed by atoms with Gasteiger partial charge in [0.05, 0.1) is 13.2 Å². The number of carbonyl (C=O) groups excluding carboxylic acids is 2. The number of amides is 3. The molecule has 0 saturated carbocycles. The maximum absolute atomic E-state index is 12.9. The SMILES string of the molecule is CCCCN(Cc1ccccc1)C(=O)N[C@@H]1CC(=O)N(c2cccc(OC)c2)C1. The summed E-state index contributed by atoms with van der Waals surface area (Å²) in [5.74, 6) is 0.711. The second kappa shape index (κ2) is 9.96. The van der Waals surface area contributed by atoms with Crippen LogP contribution >= 0.6 is 0 Å². The molecule has 3 amide bonds. The Hall–Kier alpha value is -3.02. The van der Waals surface area contributed by atoms with E-state index in [-0.39, 0.29) is 18.0 Å². The standard InChI is InChI=1S/C23H29N3O3/c1-3-4-13-25(16-18-9-6-5-7-10-18)23(28)24-19-14-22(27)26(17-19)20-11-8-12-21(15-20)29-2/h5-12,15,19H,3-4,13-14,16-17H2,1-2H3,(H,24,28)/t19-/m1/s1. The summed E-state index contributed by atoms with van der Waals surface area (Å²) in [4.78, 5) is 29.0. The van der Waals surface area contributed by atoms with Crippen LogP contribution in [0.3, 0.4) is 0 Å². The zero-order valence-electron chi connectivity index (χ0n) is 17.1. The van der Waals surface area contributed by atoms with E-state index in [0.29, 0.717) is 31.8 Å². The Morgan fingerprint density at radius 2 is 2.00 bits per heavy atom. The Kier molecular flexibility index (Phi) is 7.11. The van der Waals surface area contributed by atoms with Gasteiger partial charge in [-0.2, -0.15) is 0 Å². The third kappa shape index (κ3) is 5.50. The van der Waals surface area contributed by atoms with Crippen molar-refractivity contribution in [2.75, 3.05) is 25.1 Å². The van der Waals surface area contributed by atoms with Gasteiger partial charge in [0.1, 0.15) is 5.75 Å². The first kappa shape index (κ1) is 20.7. The maximum atomic E-state index is 12.9. The maximum Gasteiger partial charge on any atom is 0.317 e. The Balaban J connectivity index is 1.64. The van der Waals surface area contributed by atoms with Crippen molar-refractivity contribution in [3.8, 4) is 5.75 Å². The summed E-state index contributed by atoms with van der Waals surface area (Å²) in [7, 11) is 1.60. The summed E-state index contributed by atoms with van der Waals surface area (Å²) in [5.41, 5.74) is 1.89. The van der Waals surface area contributed by atoms with Crippen molar-refractivity contribution < 1.29 is 14.3 Å². The first-order chi connectivity index (χ1) is 14.1. The molecule has 0 aliphatic carbocycles. The third-order valence-corrected chi connectivity index (χ3v) is 5.10. The molecule has 0 bridgehead atoms. The lowest BCUT2D eigenvalue weighted by atomic mass is 10.2. The average Bonchev–Trinajstić information content (AvgIpc) is 3.11. The molecule has 0 radical (unpaired) electrons. The van der Waals surface area contributed by atoms with Gasteiger partial charge in [0.15, 0.2) is 0 Å². The van der Waals surface area contributed by atoms with Crippen molar-refractivity contribution in [3.63, 3.8) is 0 Å². The number of anilines is 1. The zero-order valence-corrected chi connectivity index (χ0v) is 17.1. The van der Waals surface area contributed by atoms with Gasteiger partial charge in [0.2, 0.25) is 5.91 Å². The van der Waals surface area contributed by atoms with Crippen LogP contribution in [0.5, 0.6) is 5.75 Å². The molecule has 1 fully saturated rings. The largest absolute Gasteiger partial charge is 0.497 e. The van der Waals surface area contributed by atoms with E-state index in [0.717, 1.165) is 24.1 Å². The fourth-order valence-electron chi connectivity index (χ4n) is 3.50. The van der Waals surface area contributed by atoms with Crippen LogP contribution in [0, 0.1) is 0 Å². The molecular weight excluding hydrogens is 366 g/mol. The van der Waals surface area contributed by atoms with Crippen LogP contribution in [-0.2, 0) is 11.3 Å². The number of hydrogen-bond acceptors (Lipinski definition) is 3. The van der Waals surface area contributed by atoms with Crippen LogP contribution in [0.2, 0.25) is 0 Å². The number of urea groups is 1. The first-order valence-corrected chi connectivity index (χ1v) is 10.1. The predicted molar refractivity (Wildman–Crippen MR) is 114 cm³/mol. The minimum Gasteiger partial charge on any atom is -0.497 e. The molecular formula is C23H29N3O3. The van der Waals surface area contributed by atoms with E-state index < -0.39 is 0 Å². The van der Waals surface area contributed by atoms with Gasteiger partial charge in [-0.3, -0.25) is 4.79 Å². The van der Waals surface area contributed by atoms with Crippen molar-refractivity contribution in [2.45, 2.75) is 38.8 Å². The number of hydrogen-bond donors (Lipinski definition) is 1. The second-order valence-electron chi connectivity index (χ2n) is 7.32. The normalized spacial score (nSPS) is 16.0. The van der Waals surface area contributed by atoms with E-state index in [1.807, 2.05) is 59.5 Å². The Bertz CT molecular complexity index is 825. The Morgan fingerprint density at radius 1 is 1.21 bits per heavy atom. The monoisotopic (exact) mass is 395 g/mol. The molecule has 154 valence electrons. The molecule has 1 N–H and O–H groups in total. The third-order valence-electron chi connectivity index (χ3n) is 5.10. The molecule has 3 rings (SSSR count). The molecule has 1 heterocycles. The molecule has 1 aliphatic heterocycles. The van der Waals surface area contributed by atoms with Gasteiger partial charge in [-0.05, 0) is 24.1 Å². The van der Waals surface area contributed by atoms with Gasteiger partial charge in [-0.1, -0.05) is 49.7 Å². The highest BCUT2D eigenvalue weighted by atomic mass is 16.5. The fourth-order valence-corrected chi connectivity index (χ4v) is 3.50. The number of nitrogens with one attached hydrogen (secondary N) is 1. The predicted octanol–water partition coefficient (Wildman–Crippen LogP) is 3.81. The Morgan fingerprint density at radius 3 is 2.72 bits per heavy atom. The lowest BCUT2D eigenvalue weighted by Crippen LogP contribution is -2.45. The lowest BCUT2D eigenvalue weighted by molar-refractivity contribution is -0.117. The molecule has 2 aromatic rings. The molecule has 2 aromatic carbocycles. The molecule has 1 aliphatic rings. The summed E-state index contributed by atoms with van der Waals surface area (Å²) in [6.45, 7) is 3.83. The van der Waals surface area contributed by atoms with Crippen molar-refractivity contribution in [3.05, 3.63) is 60.2 Å². The van der Waals surface area contributed by atoms with Gasteiger partial charge in [-0.25, -0.2) is 4.79 Å². The fraction of sp³-hybridized carbons (Fsp3) is 0.391. The van der Waals surface area contributed by atoms with E-state index in [9.17, 15) is 9.59 Å². The summed E-state index contributed by atoms with van der Waals surface area (Å²) in [6, 6.07) is 17.1. The highest BCUT2D eigenvalue weighted by Gasteiger charge is 2.32. The molecule has 1 saturated heterocycles. The van der Waals surface area contributed by atoms with Gasteiger partial charge < -0.3 is 19.9 Å². The van der Waals surface area contributed by atoms with Crippen molar-refractivity contribution >= 4 is 17.6 Å². The van der Waals surface area contributed by atoms with Crippen LogP contribution in [-0.4, -0.2) is 43.1 Å². The molecule has 0 spiro atoms. The number of benzene rings is 2. The van der Waals surface area contributed by atoms with Gasteiger partial charge >= 0.3 is 6.03 Å². The number of ether oxygens (including phenoxy) is 1. The van der Waals surface area contributed by atoms with E-state index >= 15 is 0 Å². The number of methoxy groups -OCH3 is 1. The zero-order chi connectivity index (χ0) is 20.6. The van der Waals surface area contributed by atoms with Gasteiger partial charge in [-0.15, -0.1) is 0 Å². The topological polar surface area (TPSA) is 61.9 Å².